The average Bonchev–Trinajstić information content (AvgIpc) is 2.96. The van der Waals surface area contributed by atoms with Crippen LogP contribution in [0.4, 0.5) is 5.69 Å². The molecular weight excluding hydrogens is 240 g/mol. The summed E-state index contributed by atoms with van der Waals surface area (Å²) >= 11 is 0. The quantitative estimate of drug-likeness (QED) is 0.770. The van der Waals surface area contributed by atoms with Crippen molar-refractivity contribution in [2.24, 2.45) is 0 Å². The van der Waals surface area contributed by atoms with Gasteiger partial charge in [-0.3, -0.25) is 9.59 Å². The van der Waals surface area contributed by atoms with Gasteiger partial charge in [-0.2, -0.15) is 0 Å². The number of carbonyl (C=O) groups excluding carboxylic acids is 2. The third-order valence-corrected chi connectivity index (χ3v) is 4.14. The van der Waals surface area contributed by atoms with Gasteiger partial charge in [-0.15, -0.1) is 0 Å². The standard InChI is InChI=1S/C15H18N2O2/c1-16-13-7-3-2-6-11(13)12(10-14(16)18)15(19)17-8-4-5-9-17/h2-3,6-7,12H,4-5,8-10H2,1H3. The molecule has 100 valence electrons. The Labute approximate surface area is 113 Å². The first-order valence-corrected chi connectivity index (χ1v) is 6.83. The molecule has 19 heavy (non-hydrogen) atoms. The van der Waals surface area contributed by atoms with Crippen molar-refractivity contribution in [2.45, 2.75) is 25.2 Å². The van der Waals surface area contributed by atoms with Crippen LogP contribution in [0.15, 0.2) is 24.3 Å². The van der Waals surface area contributed by atoms with Crippen molar-refractivity contribution in [1.29, 1.82) is 0 Å². The molecule has 0 spiro atoms. The van der Waals surface area contributed by atoms with E-state index >= 15 is 0 Å². The molecule has 1 fully saturated rings. The van der Waals surface area contributed by atoms with Gasteiger partial charge in [0.1, 0.15) is 0 Å². The fourth-order valence-electron chi connectivity index (χ4n) is 3.02. The van der Waals surface area contributed by atoms with E-state index in [9.17, 15) is 9.59 Å². The molecule has 1 atom stereocenters. The summed E-state index contributed by atoms with van der Waals surface area (Å²) in [6.07, 6.45) is 2.45. The van der Waals surface area contributed by atoms with Gasteiger partial charge < -0.3 is 9.80 Å². The number of fused-ring (bicyclic) bond motifs is 1. The summed E-state index contributed by atoms with van der Waals surface area (Å²) < 4.78 is 0. The van der Waals surface area contributed by atoms with Gasteiger partial charge in [0.2, 0.25) is 11.8 Å². The lowest BCUT2D eigenvalue weighted by Gasteiger charge is -2.32. The second-order valence-electron chi connectivity index (χ2n) is 5.30. The maximum absolute atomic E-state index is 12.6. The van der Waals surface area contributed by atoms with Gasteiger partial charge in [0.15, 0.2) is 0 Å². The van der Waals surface area contributed by atoms with Gasteiger partial charge in [-0.25, -0.2) is 0 Å². The molecule has 2 heterocycles. The first-order chi connectivity index (χ1) is 9.18. The van der Waals surface area contributed by atoms with Crippen LogP contribution in [-0.2, 0) is 9.59 Å². The number of likely N-dealkylation sites (tertiary alicyclic amines) is 1. The van der Waals surface area contributed by atoms with E-state index in [2.05, 4.69) is 0 Å². The number of rotatable bonds is 1. The Balaban J connectivity index is 1.96. The zero-order valence-electron chi connectivity index (χ0n) is 11.1. The summed E-state index contributed by atoms with van der Waals surface area (Å²) in [6, 6.07) is 7.73. The van der Waals surface area contributed by atoms with Gasteiger partial charge in [0.25, 0.3) is 0 Å². The fourth-order valence-corrected chi connectivity index (χ4v) is 3.02. The molecule has 2 amide bonds. The van der Waals surface area contributed by atoms with Crippen molar-refractivity contribution >= 4 is 17.5 Å². The predicted molar refractivity (Wildman–Crippen MR) is 73.0 cm³/mol. The fraction of sp³-hybridized carbons (Fsp3) is 0.467. The number of amides is 2. The zero-order chi connectivity index (χ0) is 13.4. The van der Waals surface area contributed by atoms with Crippen molar-refractivity contribution in [3.63, 3.8) is 0 Å². The third-order valence-electron chi connectivity index (χ3n) is 4.14. The molecular formula is C15H18N2O2. The second-order valence-corrected chi connectivity index (χ2v) is 5.30. The van der Waals surface area contributed by atoms with Crippen LogP contribution < -0.4 is 4.90 Å². The largest absolute Gasteiger partial charge is 0.342 e. The number of hydrogen-bond donors (Lipinski definition) is 0. The first-order valence-electron chi connectivity index (χ1n) is 6.83. The zero-order valence-corrected chi connectivity index (χ0v) is 11.1. The Morgan fingerprint density at radius 1 is 1.21 bits per heavy atom. The Morgan fingerprint density at radius 2 is 1.89 bits per heavy atom. The summed E-state index contributed by atoms with van der Waals surface area (Å²) in [5.41, 5.74) is 1.86. The predicted octanol–water partition coefficient (Wildman–Crippen LogP) is 1.76. The minimum Gasteiger partial charge on any atom is -0.342 e. The molecule has 0 bridgehead atoms. The maximum atomic E-state index is 12.6. The number of anilines is 1. The lowest BCUT2D eigenvalue weighted by Crippen LogP contribution is -2.40. The highest BCUT2D eigenvalue weighted by atomic mass is 16.2. The minimum absolute atomic E-state index is 0.0243. The summed E-state index contributed by atoms with van der Waals surface area (Å²) in [5, 5.41) is 0. The molecule has 0 aliphatic carbocycles. The van der Waals surface area contributed by atoms with Crippen LogP contribution in [0.1, 0.15) is 30.7 Å². The van der Waals surface area contributed by atoms with Crippen molar-refractivity contribution in [1.82, 2.24) is 4.90 Å². The molecule has 0 aromatic heterocycles. The van der Waals surface area contributed by atoms with Gasteiger partial charge in [0.05, 0.1) is 5.92 Å². The highest BCUT2D eigenvalue weighted by molar-refractivity contribution is 6.02. The van der Waals surface area contributed by atoms with E-state index < -0.39 is 0 Å². The molecule has 1 saturated heterocycles. The van der Waals surface area contributed by atoms with Crippen molar-refractivity contribution < 1.29 is 9.59 Å². The van der Waals surface area contributed by atoms with Gasteiger partial charge in [0, 0.05) is 32.2 Å². The summed E-state index contributed by atoms with van der Waals surface area (Å²) in [7, 11) is 1.78. The van der Waals surface area contributed by atoms with Crippen LogP contribution in [0, 0.1) is 0 Å². The molecule has 3 rings (SSSR count). The third kappa shape index (κ3) is 2.01. The lowest BCUT2D eigenvalue weighted by molar-refractivity contribution is -0.134. The number of benzene rings is 1. The van der Waals surface area contributed by atoms with E-state index in [4.69, 9.17) is 0 Å². The normalized spacial score (nSPS) is 22.6. The Kier molecular flexibility index (Phi) is 3.01. The first kappa shape index (κ1) is 12.2. The molecule has 1 aromatic rings. The minimum atomic E-state index is -0.294. The maximum Gasteiger partial charge on any atom is 0.230 e. The lowest BCUT2D eigenvalue weighted by atomic mass is 9.88. The topological polar surface area (TPSA) is 40.6 Å². The van der Waals surface area contributed by atoms with Gasteiger partial charge >= 0.3 is 0 Å². The van der Waals surface area contributed by atoms with E-state index in [1.807, 2.05) is 29.2 Å². The van der Waals surface area contributed by atoms with Gasteiger partial charge in [-0.05, 0) is 24.5 Å². The van der Waals surface area contributed by atoms with Crippen LogP contribution in [0.5, 0.6) is 0 Å². The van der Waals surface area contributed by atoms with Crippen LogP contribution in [0.3, 0.4) is 0 Å². The van der Waals surface area contributed by atoms with E-state index in [1.165, 1.54) is 0 Å². The molecule has 1 unspecified atom stereocenters. The van der Waals surface area contributed by atoms with Gasteiger partial charge in [-0.1, -0.05) is 18.2 Å². The van der Waals surface area contributed by atoms with Crippen LogP contribution in [0.2, 0.25) is 0 Å². The van der Waals surface area contributed by atoms with E-state index in [1.54, 1.807) is 11.9 Å². The van der Waals surface area contributed by atoms with Crippen LogP contribution in [-0.4, -0.2) is 36.9 Å². The molecule has 2 aliphatic heterocycles. The highest BCUT2D eigenvalue weighted by Gasteiger charge is 2.36. The smallest absolute Gasteiger partial charge is 0.230 e. The van der Waals surface area contributed by atoms with E-state index in [-0.39, 0.29) is 17.7 Å². The summed E-state index contributed by atoms with van der Waals surface area (Å²) in [4.78, 5) is 28.2. The molecule has 4 heteroatoms. The van der Waals surface area contributed by atoms with E-state index in [0.29, 0.717) is 6.42 Å². The number of carbonyl (C=O) groups is 2. The molecule has 0 saturated carbocycles. The van der Waals surface area contributed by atoms with Crippen LogP contribution >= 0.6 is 0 Å². The highest BCUT2D eigenvalue weighted by Crippen LogP contribution is 2.36. The monoisotopic (exact) mass is 258 g/mol. The molecule has 0 radical (unpaired) electrons. The molecule has 2 aliphatic rings. The molecule has 0 N–H and O–H groups in total. The summed E-state index contributed by atoms with van der Waals surface area (Å²) in [5.74, 6) is -0.152. The SMILES string of the molecule is CN1C(=O)CC(C(=O)N2CCCC2)c2ccccc21. The number of hydrogen-bond acceptors (Lipinski definition) is 2. The number of para-hydroxylation sites is 1. The Bertz CT molecular complexity index is 521. The second kappa shape index (κ2) is 4.68. The van der Waals surface area contributed by atoms with Crippen molar-refractivity contribution in [3.8, 4) is 0 Å². The Hall–Kier alpha value is -1.84. The Morgan fingerprint density at radius 3 is 2.63 bits per heavy atom. The average molecular weight is 258 g/mol. The van der Waals surface area contributed by atoms with Crippen molar-refractivity contribution in [2.75, 3.05) is 25.0 Å². The van der Waals surface area contributed by atoms with Crippen LogP contribution in [0.25, 0.3) is 0 Å². The molecule has 1 aromatic carbocycles. The summed E-state index contributed by atoms with van der Waals surface area (Å²) in [6.45, 7) is 1.67. The number of nitrogens with zero attached hydrogens (tertiary/aromatic N) is 2. The van der Waals surface area contributed by atoms with Crippen molar-refractivity contribution in [3.05, 3.63) is 29.8 Å². The molecule has 4 nitrogen and oxygen atoms in total. The van der Waals surface area contributed by atoms with E-state index in [0.717, 1.165) is 37.2 Å².